The number of allylic oxidation sites excluding steroid dienone is 4. The second-order valence-corrected chi connectivity index (χ2v) is 8.20. The minimum Gasteiger partial charge on any atom is -0.481 e. The van der Waals surface area contributed by atoms with Crippen LogP contribution in [0.15, 0.2) is 24.3 Å². The monoisotopic (exact) mass is 392 g/mol. The Balaban J connectivity index is 3.14. The van der Waals surface area contributed by atoms with Gasteiger partial charge in [0.15, 0.2) is 0 Å². The standard InChI is InChI=1S/C26H48O2/c1-2-3-4-5-6-7-8-9-10-11-12-13-14-15-16-17-18-19-20-21-22-23-24-25-26(27)28/h8-9,11-12H,2-7,10,13-25H2,1H3,(H,27,28). The molecule has 0 unspecified atom stereocenters. The highest BCUT2D eigenvalue weighted by Gasteiger charge is 1.96. The maximum Gasteiger partial charge on any atom is 0.303 e. The van der Waals surface area contributed by atoms with Crippen molar-refractivity contribution >= 4 is 5.97 Å². The number of rotatable bonds is 22. The molecule has 0 radical (unpaired) electrons. The topological polar surface area (TPSA) is 37.3 Å². The lowest BCUT2D eigenvalue weighted by Gasteiger charge is -2.02. The van der Waals surface area contributed by atoms with E-state index in [0.29, 0.717) is 6.42 Å². The van der Waals surface area contributed by atoms with Crippen LogP contribution in [0.2, 0.25) is 0 Å². The van der Waals surface area contributed by atoms with Crippen LogP contribution in [0.4, 0.5) is 0 Å². The van der Waals surface area contributed by atoms with Gasteiger partial charge in [0.25, 0.3) is 0 Å². The Morgan fingerprint density at radius 2 is 0.964 bits per heavy atom. The van der Waals surface area contributed by atoms with Gasteiger partial charge in [-0.25, -0.2) is 0 Å². The Bertz CT molecular complexity index is 371. The molecule has 0 heterocycles. The van der Waals surface area contributed by atoms with Gasteiger partial charge in [-0.1, -0.05) is 115 Å². The van der Waals surface area contributed by atoms with Gasteiger partial charge in [0, 0.05) is 6.42 Å². The molecule has 0 aliphatic carbocycles. The van der Waals surface area contributed by atoms with Crippen molar-refractivity contribution in [3.63, 3.8) is 0 Å². The van der Waals surface area contributed by atoms with Crippen LogP contribution >= 0.6 is 0 Å². The minimum atomic E-state index is -0.657. The summed E-state index contributed by atoms with van der Waals surface area (Å²) >= 11 is 0. The third-order valence-electron chi connectivity index (χ3n) is 5.34. The first-order valence-corrected chi connectivity index (χ1v) is 12.3. The van der Waals surface area contributed by atoms with Crippen LogP contribution in [0.25, 0.3) is 0 Å². The Kier molecular flexibility index (Phi) is 23.1. The molecule has 0 aromatic rings. The highest BCUT2D eigenvalue weighted by Crippen LogP contribution is 2.12. The van der Waals surface area contributed by atoms with Crippen LogP contribution in [0.1, 0.15) is 135 Å². The predicted octanol–water partition coefficient (Wildman–Crippen LogP) is 9.01. The number of aliphatic carboxylic acids is 1. The fourth-order valence-corrected chi connectivity index (χ4v) is 3.50. The second kappa shape index (κ2) is 24.0. The van der Waals surface area contributed by atoms with E-state index in [9.17, 15) is 4.79 Å². The van der Waals surface area contributed by atoms with Crippen molar-refractivity contribution in [1.82, 2.24) is 0 Å². The maximum absolute atomic E-state index is 10.4. The normalized spacial score (nSPS) is 11.8. The third kappa shape index (κ3) is 24.9. The zero-order chi connectivity index (χ0) is 20.5. The maximum atomic E-state index is 10.4. The lowest BCUT2D eigenvalue weighted by atomic mass is 10.0. The Morgan fingerprint density at radius 1 is 0.571 bits per heavy atom. The van der Waals surface area contributed by atoms with Crippen molar-refractivity contribution in [2.75, 3.05) is 0 Å². The zero-order valence-electron chi connectivity index (χ0n) is 18.8. The quantitative estimate of drug-likeness (QED) is 0.147. The first-order valence-electron chi connectivity index (χ1n) is 12.3. The van der Waals surface area contributed by atoms with E-state index < -0.39 is 5.97 Å². The molecule has 0 amide bonds. The molecule has 0 fully saturated rings. The number of carboxylic acids is 1. The Labute approximate surface area is 175 Å². The van der Waals surface area contributed by atoms with E-state index in [2.05, 4.69) is 31.2 Å². The molecule has 0 saturated carbocycles. The van der Waals surface area contributed by atoms with E-state index in [1.54, 1.807) is 0 Å². The van der Waals surface area contributed by atoms with Crippen molar-refractivity contribution in [2.24, 2.45) is 0 Å². The summed E-state index contributed by atoms with van der Waals surface area (Å²) in [6.07, 6.45) is 34.1. The molecule has 0 bridgehead atoms. The van der Waals surface area contributed by atoms with Crippen LogP contribution in [0.5, 0.6) is 0 Å². The molecule has 2 heteroatoms. The number of carboxylic acid groups (broad SMARTS) is 1. The Hall–Kier alpha value is -1.05. The van der Waals surface area contributed by atoms with Gasteiger partial charge in [-0.15, -0.1) is 0 Å². The SMILES string of the molecule is CCCCCCCC=CCC=CCCCCCCCCCCCCCC(=O)O. The van der Waals surface area contributed by atoms with E-state index in [4.69, 9.17) is 5.11 Å². The first kappa shape index (κ1) is 27.0. The molecular formula is C26H48O2. The number of carbonyl (C=O) groups is 1. The summed E-state index contributed by atoms with van der Waals surface area (Å²) in [6, 6.07) is 0. The van der Waals surface area contributed by atoms with Crippen LogP contribution in [0, 0.1) is 0 Å². The molecule has 0 aromatic carbocycles. The van der Waals surface area contributed by atoms with E-state index >= 15 is 0 Å². The number of hydrogen-bond donors (Lipinski definition) is 1. The van der Waals surface area contributed by atoms with Gasteiger partial charge in [-0.3, -0.25) is 4.79 Å². The van der Waals surface area contributed by atoms with E-state index in [1.807, 2.05) is 0 Å². The van der Waals surface area contributed by atoms with Crippen LogP contribution in [0.3, 0.4) is 0 Å². The molecule has 164 valence electrons. The average molecular weight is 393 g/mol. The number of hydrogen-bond acceptors (Lipinski definition) is 1. The zero-order valence-corrected chi connectivity index (χ0v) is 18.8. The van der Waals surface area contributed by atoms with Gasteiger partial charge in [0.2, 0.25) is 0 Å². The molecule has 0 aromatic heterocycles. The van der Waals surface area contributed by atoms with Gasteiger partial charge >= 0.3 is 5.97 Å². The van der Waals surface area contributed by atoms with E-state index in [-0.39, 0.29) is 0 Å². The van der Waals surface area contributed by atoms with Crippen molar-refractivity contribution in [3.8, 4) is 0 Å². The molecule has 0 aliphatic rings. The van der Waals surface area contributed by atoms with Crippen molar-refractivity contribution < 1.29 is 9.90 Å². The van der Waals surface area contributed by atoms with Crippen LogP contribution in [-0.2, 0) is 4.79 Å². The lowest BCUT2D eigenvalue weighted by Crippen LogP contribution is -1.93. The molecule has 1 N–H and O–H groups in total. The molecule has 0 atom stereocenters. The van der Waals surface area contributed by atoms with Crippen molar-refractivity contribution in [1.29, 1.82) is 0 Å². The van der Waals surface area contributed by atoms with Crippen molar-refractivity contribution in [3.05, 3.63) is 24.3 Å². The van der Waals surface area contributed by atoms with Gasteiger partial charge in [0.1, 0.15) is 0 Å². The molecule has 0 saturated heterocycles. The fourth-order valence-electron chi connectivity index (χ4n) is 3.50. The first-order chi connectivity index (χ1) is 13.8. The van der Waals surface area contributed by atoms with Crippen molar-refractivity contribution in [2.45, 2.75) is 135 Å². The molecule has 28 heavy (non-hydrogen) atoms. The third-order valence-corrected chi connectivity index (χ3v) is 5.34. The predicted molar refractivity (Wildman–Crippen MR) is 124 cm³/mol. The smallest absolute Gasteiger partial charge is 0.303 e. The summed E-state index contributed by atoms with van der Waals surface area (Å²) in [6.45, 7) is 2.27. The summed E-state index contributed by atoms with van der Waals surface area (Å²) < 4.78 is 0. The van der Waals surface area contributed by atoms with E-state index in [0.717, 1.165) is 19.3 Å². The Morgan fingerprint density at radius 3 is 1.39 bits per heavy atom. The molecule has 0 spiro atoms. The highest BCUT2D eigenvalue weighted by molar-refractivity contribution is 5.66. The second-order valence-electron chi connectivity index (χ2n) is 8.20. The number of unbranched alkanes of at least 4 members (excludes halogenated alkanes) is 16. The fraction of sp³-hybridized carbons (Fsp3) is 0.808. The molecular weight excluding hydrogens is 344 g/mol. The largest absolute Gasteiger partial charge is 0.481 e. The summed E-state index contributed by atoms with van der Waals surface area (Å²) in [5.74, 6) is -0.657. The summed E-state index contributed by atoms with van der Waals surface area (Å²) in [5, 5.41) is 8.58. The van der Waals surface area contributed by atoms with Gasteiger partial charge in [0.05, 0.1) is 0 Å². The molecule has 0 rings (SSSR count). The van der Waals surface area contributed by atoms with E-state index in [1.165, 1.54) is 103 Å². The van der Waals surface area contributed by atoms with Crippen LogP contribution < -0.4 is 0 Å². The lowest BCUT2D eigenvalue weighted by molar-refractivity contribution is -0.137. The summed E-state index contributed by atoms with van der Waals surface area (Å²) in [4.78, 5) is 10.4. The van der Waals surface area contributed by atoms with Gasteiger partial charge in [-0.05, 0) is 38.5 Å². The minimum absolute atomic E-state index is 0.338. The molecule has 0 aliphatic heterocycles. The summed E-state index contributed by atoms with van der Waals surface area (Å²) in [7, 11) is 0. The molecule has 2 nitrogen and oxygen atoms in total. The highest BCUT2D eigenvalue weighted by atomic mass is 16.4. The van der Waals surface area contributed by atoms with Gasteiger partial charge in [-0.2, -0.15) is 0 Å². The summed E-state index contributed by atoms with van der Waals surface area (Å²) in [5.41, 5.74) is 0. The van der Waals surface area contributed by atoms with Gasteiger partial charge < -0.3 is 5.11 Å². The van der Waals surface area contributed by atoms with Crippen LogP contribution in [-0.4, -0.2) is 11.1 Å². The average Bonchev–Trinajstić information content (AvgIpc) is 2.68.